The molecule has 0 saturated carbocycles. The fourth-order valence-corrected chi connectivity index (χ4v) is 2.18. The maximum Gasteiger partial charge on any atom is 0.285 e. The molecular formula is C11H25NO3S2. The summed E-state index contributed by atoms with van der Waals surface area (Å²) >= 11 is 4.46. The minimum absolute atomic E-state index is 0.357. The second kappa shape index (κ2) is 11.3. The second-order valence-electron chi connectivity index (χ2n) is 4.15. The highest BCUT2D eigenvalue weighted by molar-refractivity contribution is 8.27. The van der Waals surface area contributed by atoms with Crippen LogP contribution in [0.1, 0.15) is 64.7 Å². The third-order valence-electron chi connectivity index (χ3n) is 2.59. The van der Waals surface area contributed by atoms with E-state index in [1.807, 2.05) is 0 Å². The summed E-state index contributed by atoms with van der Waals surface area (Å²) in [5.74, 6) is 4.72. The van der Waals surface area contributed by atoms with Crippen LogP contribution in [0.5, 0.6) is 0 Å². The molecule has 0 aromatic rings. The van der Waals surface area contributed by atoms with Gasteiger partial charge in [-0.3, -0.25) is 4.18 Å². The van der Waals surface area contributed by atoms with E-state index in [2.05, 4.69) is 22.4 Å². The van der Waals surface area contributed by atoms with E-state index in [0.717, 1.165) is 12.8 Å². The fourth-order valence-electron chi connectivity index (χ4n) is 1.60. The molecule has 0 radical (unpaired) electrons. The lowest BCUT2D eigenvalue weighted by Gasteiger charge is -2.04. The van der Waals surface area contributed by atoms with Gasteiger partial charge in [-0.15, -0.1) is 0 Å². The van der Waals surface area contributed by atoms with Gasteiger partial charge in [-0.2, -0.15) is 14.4 Å². The normalized spacial score (nSPS) is 14.7. The van der Waals surface area contributed by atoms with Crippen molar-refractivity contribution in [1.82, 2.24) is 0 Å². The van der Waals surface area contributed by atoms with E-state index in [0.29, 0.717) is 6.61 Å². The number of unbranched alkanes of at least 4 members (excludes halogenated alkanes) is 8. The smallest absolute Gasteiger partial charge is 0.268 e. The maximum absolute atomic E-state index is 11.0. The van der Waals surface area contributed by atoms with Crippen LogP contribution in [0.4, 0.5) is 0 Å². The van der Waals surface area contributed by atoms with Crippen molar-refractivity contribution < 1.29 is 12.7 Å². The average Bonchev–Trinajstić information content (AvgIpc) is 2.31. The zero-order chi connectivity index (χ0) is 13.0. The molecule has 0 aromatic heterocycles. The summed E-state index contributed by atoms with van der Waals surface area (Å²) in [6, 6.07) is 0. The Morgan fingerprint density at radius 3 is 1.94 bits per heavy atom. The van der Waals surface area contributed by atoms with Gasteiger partial charge in [0.15, 0.2) is 0 Å². The molecule has 0 spiro atoms. The van der Waals surface area contributed by atoms with Gasteiger partial charge in [-0.1, -0.05) is 58.3 Å². The molecule has 1 unspecified atom stereocenters. The molecule has 0 amide bonds. The molecule has 0 rings (SSSR count). The SMILES string of the molecule is CCCCCCCCCCCOS(=O)(=S)ON. The van der Waals surface area contributed by atoms with Gasteiger partial charge in [0.1, 0.15) is 0 Å². The van der Waals surface area contributed by atoms with Gasteiger partial charge in [-0.25, -0.2) is 0 Å². The van der Waals surface area contributed by atoms with Crippen molar-refractivity contribution in [3.63, 3.8) is 0 Å². The highest BCUT2D eigenvalue weighted by atomic mass is 32.9. The van der Waals surface area contributed by atoms with E-state index >= 15 is 0 Å². The number of hydrogen-bond acceptors (Lipinski definition) is 5. The van der Waals surface area contributed by atoms with Crippen LogP contribution < -0.4 is 5.90 Å². The standard InChI is InChI=1S/C11H25NO3S2/c1-2-3-4-5-6-7-8-9-10-11-14-17(13,16)15-12/h2-12H2,1H3. The van der Waals surface area contributed by atoms with Crippen LogP contribution >= 0.6 is 0 Å². The van der Waals surface area contributed by atoms with E-state index in [-0.39, 0.29) is 0 Å². The van der Waals surface area contributed by atoms with E-state index < -0.39 is 9.05 Å². The molecule has 6 heteroatoms. The van der Waals surface area contributed by atoms with Crippen molar-refractivity contribution >= 4 is 20.2 Å². The van der Waals surface area contributed by atoms with Gasteiger partial charge in [0.25, 0.3) is 9.05 Å². The minimum Gasteiger partial charge on any atom is -0.268 e. The highest BCUT2D eigenvalue weighted by Gasteiger charge is 2.03. The molecule has 0 fully saturated rings. The average molecular weight is 283 g/mol. The van der Waals surface area contributed by atoms with Crippen molar-refractivity contribution in [3.8, 4) is 0 Å². The summed E-state index contributed by atoms with van der Waals surface area (Å²) in [6.45, 7) is 2.58. The number of nitrogens with two attached hydrogens (primary N) is 1. The van der Waals surface area contributed by atoms with E-state index in [9.17, 15) is 4.21 Å². The lowest BCUT2D eigenvalue weighted by Crippen LogP contribution is -2.13. The van der Waals surface area contributed by atoms with Crippen LogP contribution in [0.3, 0.4) is 0 Å². The first-order valence-corrected chi connectivity index (χ1v) is 8.73. The van der Waals surface area contributed by atoms with Crippen LogP contribution in [-0.2, 0) is 28.7 Å². The summed E-state index contributed by atoms with van der Waals surface area (Å²) in [5, 5.41) is 0. The van der Waals surface area contributed by atoms with Crippen molar-refractivity contribution in [2.75, 3.05) is 6.61 Å². The lowest BCUT2D eigenvalue weighted by molar-refractivity contribution is 0.247. The molecule has 0 heterocycles. The van der Waals surface area contributed by atoms with E-state index in [4.69, 9.17) is 10.1 Å². The van der Waals surface area contributed by atoms with Crippen LogP contribution in [0.15, 0.2) is 0 Å². The van der Waals surface area contributed by atoms with Crippen molar-refractivity contribution in [3.05, 3.63) is 0 Å². The summed E-state index contributed by atoms with van der Waals surface area (Å²) in [6.07, 6.45) is 11.0. The molecule has 17 heavy (non-hydrogen) atoms. The molecule has 1 atom stereocenters. The predicted octanol–water partition coefficient (Wildman–Crippen LogP) is 3.00. The molecule has 0 aliphatic rings. The molecule has 4 nitrogen and oxygen atoms in total. The Morgan fingerprint density at radius 1 is 1.00 bits per heavy atom. The van der Waals surface area contributed by atoms with Gasteiger partial charge in [0.05, 0.1) is 6.61 Å². The zero-order valence-corrected chi connectivity index (χ0v) is 12.3. The van der Waals surface area contributed by atoms with Crippen LogP contribution in [0, 0.1) is 0 Å². The summed E-state index contributed by atoms with van der Waals surface area (Å²) < 4.78 is 19.9. The number of rotatable bonds is 12. The van der Waals surface area contributed by atoms with Crippen molar-refractivity contribution in [2.45, 2.75) is 64.7 Å². The summed E-state index contributed by atoms with van der Waals surface area (Å²) in [4.78, 5) is 0. The number of hydrogen-bond donors (Lipinski definition) is 1. The summed E-state index contributed by atoms with van der Waals surface area (Å²) in [5.41, 5.74) is 0. The maximum atomic E-state index is 11.0. The molecule has 0 bridgehead atoms. The molecule has 104 valence electrons. The molecule has 0 saturated heterocycles. The molecule has 0 aliphatic heterocycles. The minimum atomic E-state index is -3.12. The molecule has 0 aliphatic carbocycles. The Balaban J connectivity index is 3.14. The van der Waals surface area contributed by atoms with Gasteiger partial charge < -0.3 is 0 Å². The third-order valence-corrected chi connectivity index (χ3v) is 3.81. The monoisotopic (exact) mass is 283 g/mol. The Kier molecular flexibility index (Phi) is 11.5. The first-order valence-electron chi connectivity index (χ1n) is 6.40. The molecule has 0 aromatic carbocycles. The largest absolute Gasteiger partial charge is 0.285 e. The Labute approximate surface area is 110 Å². The van der Waals surface area contributed by atoms with Gasteiger partial charge in [-0.05, 0) is 6.42 Å². The topological polar surface area (TPSA) is 61.5 Å². The Morgan fingerprint density at radius 2 is 1.47 bits per heavy atom. The third kappa shape index (κ3) is 12.5. The predicted molar refractivity (Wildman–Crippen MR) is 74.0 cm³/mol. The zero-order valence-electron chi connectivity index (χ0n) is 10.7. The van der Waals surface area contributed by atoms with Crippen molar-refractivity contribution in [1.29, 1.82) is 0 Å². The molecular weight excluding hydrogens is 258 g/mol. The van der Waals surface area contributed by atoms with Crippen LogP contribution in [0.25, 0.3) is 0 Å². The molecule has 2 N–H and O–H groups in total. The van der Waals surface area contributed by atoms with Crippen molar-refractivity contribution in [2.24, 2.45) is 5.90 Å². The quantitative estimate of drug-likeness (QED) is 0.441. The van der Waals surface area contributed by atoms with Gasteiger partial charge in [0.2, 0.25) is 0 Å². The van der Waals surface area contributed by atoms with E-state index in [1.165, 1.54) is 44.9 Å². The first-order chi connectivity index (χ1) is 8.12. The van der Waals surface area contributed by atoms with Crippen LogP contribution in [0.2, 0.25) is 0 Å². The second-order valence-corrected chi connectivity index (χ2v) is 6.62. The van der Waals surface area contributed by atoms with E-state index in [1.54, 1.807) is 0 Å². The van der Waals surface area contributed by atoms with Gasteiger partial charge in [0, 0.05) is 11.2 Å². The Hall–Kier alpha value is 0.250. The Bertz CT molecular complexity index is 255. The lowest BCUT2D eigenvalue weighted by atomic mass is 10.1. The highest BCUT2D eigenvalue weighted by Crippen LogP contribution is 2.09. The fraction of sp³-hybridized carbons (Fsp3) is 1.00. The first kappa shape index (κ1) is 17.2. The van der Waals surface area contributed by atoms with Gasteiger partial charge >= 0.3 is 0 Å². The summed E-state index contributed by atoms with van der Waals surface area (Å²) in [7, 11) is -3.12. The van der Waals surface area contributed by atoms with Crippen LogP contribution in [-0.4, -0.2) is 10.8 Å².